The van der Waals surface area contributed by atoms with E-state index in [0.29, 0.717) is 18.1 Å². The first-order chi connectivity index (χ1) is 8.08. The number of aryl methyl sites for hydroxylation is 1. The lowest BCUT2D eigenvalue weighted by Gasteiger charge is -2.15. The Bertz CT molecular complexity index is 532. The summed E-state index contributed by atoms with van der Waals surface area (Å²) in [5, 5.41) is 6.33. The molecule has 17 heavy (non-hydrogen) atoms. The lowest BCUT2D eigenvalue weighted by molar-refractivity contribution is 0.0780. The normalized spacial score (nSPS) is 10.5. The molecule has 0 saturated heterocycles. The van der Waals surface area contributed by atoms with Crippen LogP contribution in [0, 0.1) is 6.92 Å². The Hall–Kier alpha value is -1.89. The molecule has 2 aromatic rings. The van der Waals surface area contributed by atoms with Crippen LogP contribution < -0.4 is 5.73 Å². The summed E-state index contributed by atoms with van der Waals surface area (Å²) in [5.41, 5.74) is 8.58. The maximum Gasteiger partial charge on any atom is 0.272 e. The van der Waals surface area contributed by atoms with E-state index in [4.69, 9.17) is 5.73 Å². The van der Waals surface area contributed by atoms with Crippen LogP contribution in [0.15, 0.2) is 11.6 Å². The Balaban J connectivity index is 2.08. The number of aromatic nitrogens is 3. The van der Waals surface area contributed by atoms with Crippen LogP contribution >= 0.6 is 11.3 Å². The predicted molar refractivity (Wildman–Crippen MR) is 65.6 cm³/mol. The summed E-state index contributed by atoms with van der Waals surface area (Å²) < 4.78 is 0. The first-order valence-corrected chi connectivity index (χ1v) is 5.91. The van der Waals surface area contributed by atoms with Crippen molar-refractivity contribution in [3.63, 3.8) is 0 Å². The molecule has 2 rings (SSSR count). The summed E-state index contributed by atoms with van der Waals surface area (Å²) >= 11 is 1.54. The smallest absolute Gasteiger partial charge is 0.272 e. The van der Waals surface area contributed by atoms with E-state index in [2.05, 4.69) is 15.2 Å². The standard InChI is InChI=1S/C10H13N5OS/c1-6-8(17-5-12-6)4-15(2)10(16)7-3-9(11)14-13-7/h3,5H,4H2,1-2H3,(H3,11,13,14). The minimum absolute atomic E-state index is 0.137. The number of carbonyl (C=O) groups excluding carboxylic acids is 1. The molecule has 6 nitrogen and oxygen atoms in total. The zero-order chi connectivity index (χ0) is 12.4. The van der Waals surface area contributed by atoms with Gasteiger partial charge in [-0.1, -0.05) is 0 Å². The molecule has 0 spiro atoms. The van der Waals surface area contributed by atoms with E-state index in [1.54, 1.807) is 28.8 Å². The van der Waals surface area contributed by atoms with Crippen molar-refractivity contribution in [2.45, 2.75) is 13.5 Å². The highest BCUT2D eigenvalue weighted by atomic mass is 32.1. The molecule has 0 fully saturated rings. The van der Waals surface area contributed by atoms with Gasteiger partial charge in [0.25, 0.3) is 5.91 Å². The summed E-state index contributed by atoms with van der Waals surface area (Å²) in [6, 6.07) is 1.53. The number of thiazole rings is 1. The van der Waals surface area contributed by atoms with Gasteiger partial charge >= 0.3 is 0 Å². The number of nitrogen functional groups attached to an aromatic ring is 1. The molecule has 0 aliphatic carbocycles. The molecule has 1 amide bonds. The molecular weight excluding hydrogens is 238 g/mol. The van der Waals surface area contributed by atoms with Crippen molar-refractivity contribution in [3.05, 3.63) is 27.8 Å². The van der Waals surface area contributed by atoms with Gasteiger partial charge in [0.1, 0.15) is 11.5 Å². The first kappa shape index (κ1) is 11.6. The summed E-state index contributed by atoms with van der Waals surface area (Å²) in [4.78, 5) is 18.8. The van der Waals surface area contributed by atoms with Crippen molar-refractivity contribution in [2.75, 3.05) is 12.8 Å². The minimum Gasteiger partial charge on any atom is -0.382 e. The molecule has 0 aliphatic rings. The maximum atomic E-state index is 12.0. The number of nitrogens with zero attached hydrogens (tertiary/aromatic N) is 3. The maximum absolute atomic E-state index is 12.0. The SMILES string of the molecule is Cc1ncsc1CN(C)C(=O)c1cc(N)n[nH]1. The van der Waals surface area contributed by atoms with Crippen molar-refractivity contribution in [3.8, 4) is 0 Å². The fourth-order valence-electron chi connectivity index (χ4n) is 1.42. The second-order valence-electron chi connectivity index (χ2n) is 3.73. The Kier molecular flexibility index (Phi) is 3.10. The molecule has 0 saturated carbocycles. The Labute approximate surface area is 102 Å². The molecule has 2 heterocycles. The van der Waals surface area contributed by atoms with Crippen LogP contribution in [0.25, 0.3) is 0 Å². The van der Waals surface area contributed by atoms with E-state index in [1.165, 1.54) is 6.07 Å². The second-order valence-corrected chi connectivity index (χ2v) is 4.67. The number of H-pyrrole nitrogens is 1. The van der Waals surface area contributed by atoms with Crippen LogP contribution in [0.5, 0.6) is 0 Å². The summed E-state index contributed by atoms with van der Waals surface area (Å²) in [6.07, 6.45) is 0. The van der Waals surface area contributed by atoms with Crippen LogP contribution in [0.3, 0.4) is 0 Å². The lowest BCUT2D eigenvalue weighted by Crippen LogP contribution is -2.26. The zero-order valence-electron chi connectivity index (χ0n) is 9.60. The molecule has 0 unspecified atom stereocenters. The average molecular weight is 251 g/mol. The van der Waals surface area contributed by atoms with Gasteiger partial charge in [0.2, 0.25) is 0 Å². The number of anilines is 1. The Morgan fingerprint density at radius 3 is 2.94 bits per heavy atom. The van der Waals surface area contributed by atoms with Crippen LogP contribution in [0.2, 0.25) is 0 Å². The third kappa shape index (κ3) is 2.44. The van der Waals surface area contributed by atoms with Gasteiger partial charge in [-0.05, 0) is 6.92 Å². The number of nitrogens with one attached hydrogen (secondary N) is 1. The number of rotatable bonds is 3. The van der Waals surface area contributed by atoms with Gasteiger partial charge in [-0.25, -0.2) is 4.98 Å². The molecule has 0 bridgehead atoms. The van der Waals surface area contributed by atoms with Gasteiger partial charge in [0, 0.05) is 18.0 Å². The van der Waals surface area contributed by atoms with Gasteiger partial charge < -0.3 is 10.6 Å². The van der Waals surface area contributed by atoms with Gasteiger partial charge in [0.15, 0.2) is 0 Å². The van der Waals surface area contributed by atoms with E-state index in [9.17, 15) is 4.79 Å². The van der Waals surface area contributed by atoms with Crippen molar-refractivity contribution in [1.82, 2.24) is 20.1 Å². The minimum atomic E-state index is -0.137. The number of hydrogen-bond donors (Lipinski definition) is 2. The first-order valence-electron chi connectivity index (χ1n) is 5.03. The van der Waals surface area contributed by atoms with E-state index in [-0.39, 0.29) is 5.91 Å². The summed E-state index contributed by atoms with van der Waals surface area (Å²) in [5.74, 6) is 0.178. The highest BCUT2D eigenvalue weighted by Crippen LogP contribution is 2.15. The summed E-state index contributed by atoms with van der Waals surface area (Å²) in [6.45, 7) is 2.46. The Morgan fingerprint density at radius 2 is 2.41 bits per heavy atom. The average Bonchev–Trinajstić information content (AvgIpc) is 2.88. The van der Waals surface area contributed by atoms with E-state index in [1.807, 2.05) is 6.92 Å². The van der Waals surface area contributed by atoms with Gasteiger partial charge in [0.05, 0.1) is 17.7 Å². The fraction of sp³-hybridized carbons (Fsp3) is 0.300. The molecule has 2 aromatic heterocycles. The number of hydrogen-bond acceptors (Lipinski definition) is 5. The second kappa shape index (κ2) is 4.54. The summed E-state index contributed by atoms with van der Waals surface area (Å²) in [7, 11) is 1.73. The highest BCUT2D eigenvalue weighted by molar-refractivity contribution is 7.09. The van der Waals surface area contributed by atoms with Gasteiger partial charge in [-0.3, -0.25) is 9.89 Å². The van der Waals surface area contributed by atoms with E-state index < -0.39 is 0 Å². The molecule has 0 atom stereocenters. The fourth-order valence-corrected chi connectivity index (χ4v) is 2.25. The molecule has 0 aliphatic heterocycles. The topological polar surface area (TPSA) is 87.9 Å². The number of carbonyl (C=O) groups is 1. The highest BCUT2D eigenvalue weighted by Gasteiger charge is 2.15. The van der Waals surface area contributed by atoms with Crippen molar-refractivity contribution in [1.29, 1.82) is 0 Å². The van der Waals surface area contributed by atoms with Crippen molar-refractivity contribution < 1.29 is 4.79 Å². The van der Waals surface area contributed by atoms with Crippen LogP contribution in [-0.2, 0) is 6.54 Å². The van der Waals surface area contributed by atoms with Crippen molar-refractivity contribution in [2.24, 2.45) is 0 Å². The third-order valence-electron chi connectivity index (χ3n) is 2.40. The quantitative estimate of drug-likeness (QED) is 0.852. The third-order valence-corrected chi connectivity index (χ3v) is 3.32. The monoisotopic (exact) mass is 251 g/mol. The molecule has 0 radical (unpaired) electrons. The predicted octanol–water partition coefficient (Wildman–Crippen LogP) is 1.03. The van der Waals surface area contributed by atoms with Crippen molar-refractivity contribution >= 4 is 23.1 Å². The van der Waals surface area contributed by atoms with Crippen LogP contribution in [0.4, 0.5) is 5.82 Å². The van der Waals surface area contributed by atoms with Gasteiger partial charge in [-0.15, -0.1) is 11.3 Å². The number of aromatic amines is 1. The van der Waals surface area contributed by atoms with E-state index >= 15 is 0 Å². The number of nitrogens with two attached hydrogens (primary N) is 1. The zero-order valence-corrected chi connectivity index (χ0v) is 10.4. The van der Waals surface area contributed by atoms with Crippen LogP contribution in [0.1, 0.15) is 21.1 Å². The lowest BCUT2D eigenvalue weighted by atomic mass is 10.3. The molecular formula is C10H13N5OS. The van der Waals surface area contributed by atoms with Crippen LogP contribution in [-0.4, -0.2) is 33.0 Å². The van der Waals surface area contributed by atoms with Gasteiger partial charge in [-0.2, -0.15) is 5.10 Å². The largest absolute Gasteiger partial charge is 0.382 e. The molecule has 0 aromatic carbocycles. The molecule has 7 heteroatoms. The molecule has 3 N–H and O–H groups in total. The number of amides is 1. The molecule has 90 valence electrons. The van der Waals surface area contributed by atoms with E-state index in [0.717, 1.165) is 10.6 Å². The Morgan fingerprint density at radius 1 is 1.65 bits per heavy atom.